The molecular weight excluding hydrogens is 308 g/mol. The van der Waals surface area contributed by atoms with Crippen molar-refractivity contribution in [1.82, 2.24) is 0 Å². The number of benzene rings is 2. The molecule has 6 heteroatoms. The van der Waals surface area contributed by atoms with Gasteiger partial charge in [0.05, 0.1) is 9.85 Å². The van der Waals surface area contributed by atoms with Crippen LogP contribution in [0.15, 0.2) is 48.5 Å². The zero-order valence-electron chi connectivity index (χ0n) is 13.2. The van der Waals surface area contributed by atoms with E-state index in [-0.39, 0.29) is 16.8 Å². The molecule has 2 aromatic carbocycles. The van der Waals surface area contributed by atoms with Gasteiger partial charge < -0.3 is 0 Å². The molecule has 0 N–H and O–H groups in total. The molecule has 0 radical (unpaired) electrons. The molecule has 1 aliphatic carbocycles. The molecule has 0 spiro atoms. The number of nitro groups is 2. The smallest absolute Gasteiger partial charge is 0.258 e. The summed E-state index contributed by atoms with van der Waals surface area (Å²) in [5.74, 6) is 0. The van der Waals surface area contributed by atoms with E-state index in [4.69, 9.17) is 0 Å². The Kier molecular flexibility index (Phi) is 4.29. The molecule has 1 fully saturated rings. The Labute approximate surface area is 139 Å². The third kappa shape index (κ3) is 2.87. The standard InChI is InChI=1S/C18H18N2O4/c21-19(22)16-8-4-14(5-9-16)18(12-2-1-3-13-18)15-6-10-17(11-7-15)20(23)24/h4-11H,1-3,12-13H2. The predicted octanol–water partition coefficient (Wildman–Crippen LogP) is 4.75. The van der Waals surface area contributed by atoms with Crippen LogP contribution in [0.5, 0.6) is 0 Å². The molecule has 2 aromatic rings. The van der Waals surface area contributed by atoms with Gasteiger partial charge in [0.15, 0.2) is 0 Å². The van der Waals surface area contributed by atoms with Gasteiger partial charge in [-0.3, -0.25) is 20.2 Å². The number of hydrogen-bond donors (Lipinski definition) is 0. The molecule has 0 amide bonds. The molecule has 24 heavy (non-hydrogen) atoms. The molecule has 3 rings (SSSR count). The summed E-state index contributed by atoms with van der Waals surface area (Å²) in [6.45, 7) is 0. The van der Waals surface area contributed by atoms with E-state index in [0.29, 0.717) is 0 Å². The number of rotatable bonds is 4. The summed E-state index contributed by atoms with van der Waals surface area (Å²) in [5, 5.41) is 21.8. The lowest BCUT2D eigenvalue weighted by molar-refractivity contribution is -0.385. The van der Waals surface area contributed by atoms with E-state index in [1.165, 1.54) is 30.7 Å². The molecule has 1 aliphatic rings. The van der Waals surface area contributed by atoms with Crippen molar-refractivity contribution >= 4 is 11.4 Å². The van der Waals surface area contributed by atoms with Crippen molar-refractivity contribution in [2.75, 3.05) is 0 Å². The van der Waals surface area contributed by atoms with Gasteiger partial charge in [-0.1, -0.05) is 43.5 Å². The quantitative estimate of drug-likeness (QED) is 0.599. The molecule has 0 aliphatic heterocycles. The predicted molar refractivity (Wildman–Crippen MR) is 90.1 cm³/mol. The summed E-state index contributed by atoms with van der Waals surface area (Å²) in [7, 11) is 0. The molecule has 0 bridgehead atoms. The van der Waals surface area contributed by atoms with E-state index in [1.54, 1.807) is 0 Å². The van der Waals surface area contributed by atoms with Crippen LogP contribution >= 0.6 is 0 Å². The van der Waals surface area contributed by atoms with Crippen molar-refractivity contribution < 1.29 is 9.85 Å². The molecule has 0 heterocycles. The third-order valence-electron chi connectivity index (χ3n) is 4.97. The molecular formula is C18H18N2O4. The lowest BCUT2D eigenvalue weighted by Gasteiger charge is -2.38. The minimum absolute atomic E-state index is 0.0772. The first-order chi connectivity index (χ1) is 11.5. The van der Waals surface area contributed by atoms with Crippen LogP contribution in [-0.2, 0) is 5.41 Å². The monoisotopic (exact) mass is 326 g/mol. The second-order valence-corrected chi connectivity index (χ2v) is 6.25. The van der Waals surface area contributed by atoms with Crippen molar-refractivity contribution in [3.05, 3.63) is 79.9 Å². The Morgan fingerprint density at radius 2 is 1.04 bits per heavy atom. The summed E-state index contributed by atoms with van der Waals surface area (Å²) in [6.07, 6.45) is 5.22. The molecule has 6 nitrogen and oxygen atoms in total. The highest BCUT2D eigenvalue weighted by atomic mass is 16.6. The van der Waals surface area contributed by atoms with Crippen LogP contribution < -0.4 is 0 Å². The Hall–Kier alpha value is -2.76. The molecule has 0 atom stereocenters. The van der Waals surface area contributed by atoms with Crippen LogP contribution in [-0.4, -0.2) is 9.85 Å². The van der Waals surface area contributed by atoms with Crippen molar-refractivity contribution in [3.8, 4) is 0 Å². The fourth-order valence-corrected chi connectivity index (χ4v) is 3.70. The maximum Gasteiger partial charge on any atom is 0.269 e. The lowest BCUT2D eigenvalue weighted by Crippen LogP contribution is -2.30. The summed E-state index contributed by atoms with van der Waals surface area (Å²) in [6, 6.07) is 13.5. The number of hydrogen-bond acceptors (Lipinski definition) is 4. The van der Waals surface area contributed by atoms with E-state index in [0.717, 1.165) is 36.8 Å². The average molecular weight is 326 g/mol. The molecule has 0 unspecified atom stereocenters. The Morgan fingerprint density at radius 3 is 1.38 bits per heavy atom. The first-order valence-corrected chi connectivity index (χ1v) is 8.03. The minimum Gasteiger partial charge on any atom is -0.258 e. The van der Waals surface area contributed by atoms with Gasteiger partial charge in [-0.25, -0.2) is 0 Å². The first kappa shape index (κ1) is 16.1. The van der Waals surface area contributed by atoms with E-state index in [9.17, 15) is 20.2 Å². The van der Waals surface area contributed by atoms with Crippen LogP contribution in [0.4, 0.5) is 11.4 Å². The Bertz CT molecular complexity index is 688. The molecule has 124 valence electrons. The van der Waals surface area contributed by atoms with E-state index in [2.05, 4.69) is 0 Å². The van der Waals surface area contributed by atoms with Crippen LogP contribution in [0, 0.1) is 20.2 Å². The highest BCUT2D eigenvalue weighted by Gasteiger charge is 2.36. The zero-order valence-corrected chi connectivity index (χ0v) is 13.2. The maximum absolute atomic E-state index is 10.9. The fourth-order valence-electron chi connectivity index (χ4n) is 3.70. The van der Waals surface area contributed by atoms with Gasteiger partial charge in [0.25, 0.3) is 11.4 Å². The molecule has 1 saturated carbocycles. The van der Waals surface area contributed by atoms with Gasteiger partial charge in [0.2, 0.25) is 0 Å². The van der Waals surface area contributed by atoms with Crippen LogP contribution in [0.25, 0.3) is 0 Å². The second-order valence-electron chi connectivity index (χ2n) is 6.25. The van der Waals surface area contributed by atoms with Crippen molar-refractivity contribution in [2.24, 2.45) is 0 Å². The van der Waals surface area contributed by atoms with E-state index >= 15 is 0 Å². The van der Waals surface area contributed by atoms with E-state index < -0.39 is 9.85 Å². The summed E-state index contributed by atoms with van der Waals surface area (Å²) in [5.41, 5.74) is 2.02. The average Bonchev–Trinajstić information content (AvgIpc) is 2.62. The lowest BCUT2D eigenvalue weighted by atomic mass is 9.65. The van der Waals surface area contributed by atoms with Crippen LogP contribution in [0.1, 0.15) is 43.2 Å². The van der Waals surface area contributed by atoms with Crippen LogP contribution in [0.3, 0.4) is 0 Å². The fraction of sp³-hybridized carbons (Fsp3) is 0.333. The number of nitro benzene ring substituents is 2. The Morgan fingerprint density at radius 1 is 0.667 bits per heavy atom. The van der Waals surface area contributed by atoms with Gasteiger partial charge in [-0.2, -0.15) is 0 Å². The minimum atomic E-state index is -0.400. The van der Waals surface area contributed by atoms with Gasteiger partial charge in [0, 0.05) is 29.7 Å². The zero-order chi connectivity index (χ0) is 17.2. The highest BCUT2D eigenvalue weighted by molar-refractivity contribution is 5.46. The first-order valence-electron chi connectivity index (χ1n) is 8.03. The van der Waals surface area contributed by atoms with Crippen molar-refractivity contribution in [3.63, 3.8) is 0 Å². The van der Waals surface area contributed by atoms with Gasteiger partial charge in [-0.05, 0) is 24.0 Å². The summed E-state index contributed by atoms with van der Waals surface area (Å²) < 4.78 is 0. The second kappa shape index (κ2) is 6.39. The summed E-state index contributed by atoms with van der Waals surface area (Å²) in [4.78, 5) is 21.0. The molecule has 0 aromatic heterocycles. The van der Waals surface area contributed by atoms with Gasteiger partial charge in [0.1, 0.15) is 0 Å². The molecule has 0 saturated heterocycles. The highest BCUT2D eigenvalue weighted by Crippen LogP contribution is 2.45. The number of nitrogens with zero attached hydrogens (tertiary/aromatic N) is 2. The van der Waals surface area contributed by atoms with Gasteiger partial charge >= 0.3 is 0 Å². The van der Waals surface area contributed by atoms with Crippen molar-refractivity contribution in [2.45, 2.75) is 37.5 Å². The Balaban J connectivity index is 2.04. The van der Waals surface area contributed by atoms with E-state index in [1.807, 2.05) is 24.3 Å². The summed E-state index contributed by atoms with van der Waals surface area (Å²) >= 11 is 0. The SMILES string of the molecule is O=[N+]([O-])c1ccc(C2(c3ccc([N+](=O)[O-])cc3)CCCCC2)cc1. The van der Waals surface area contributed by atoms with Crippen LogP contribution in [0.2, 0.25) is 0 Å². The normalized spacial score (nSPS) is 16.5. The topological polar surface area (TPSA) is 86.3 Å². The van der Waals surface area contributed by atoms with Crippen molar-refractivity contribution in [1.29, 1.82) is 0 Å². The third-order valence-corrected chi connectivity index (χ3v) is 4.97. The van der Waals surface area contributed by atoms with Gasteiger partial charge in [-0.15, -0.1) is 0 Å². The maximum atomic E-state index is 10.9. The number of non-ortho nitro benzene ring substituents is 2. The largest absolute Gasteiger partial charge is 0.269 e.